The Labute approximate surface area is 168 Å². The van der Waals surface area contributed by atoms with Crippen LogP contribution in [0.4, 0.5) is 5.69 Å². The molecule has 8 heteroatoms. The van der Waals surface area contributed by atoms with Crippen LogP contribution in [-0.2, 0) is 25.7 Å². The Hall–Kier alpha value is -3.00. The fraction of sp³-hybridized carbons (Fsp3) is 0.429. The lowest BCUT2D eigenvalue weighted by molar-refractivity contribution is -0.149. The number of carbonyl (C=O) groups is 4. The van der Waals surface area contributed by atoms with Gasteiger partial charge >= 0.3 is 0 Å². The van der Waals surface area contributed by atoms with Gasteiger partial charge in [0.2, 0.25) is 11.8 Å². The largest absolute Gasteiger partial charge is 0.351 e. The molecular formula is C21H24N4O4. The molecule has 1 aromatic carbocycles. The summed E-state index contributed by atoms with van der Waals surface area (Å²) < 4.78 is 0. The van der Waals surface area contributed by atoms with Gasteiger partial charge in [-0.2, -0.15) is 0 Å². The van der Waals surface area contributed by atoms with Crippen LogP contribution in [0.1, 0.15) is 38.7 Å². The summed E-state index contributed by atoms with van der Waals surface area (Å²) in [7, 11) is 0. The van der Waals surface area contributed by atoms with Gasteiger partial charge in [-0.3, -0.25) is 29.4 Å². The molecule has 3 unspecified atom stereocenters. The zero-order chi connectivity index (χ0) is 20.8. The number of nitrogens with one attached hydrogen (secondary N) is 3. The van der Waals surface area contributed by atoms with E-state index < -0.39 is 29.7 Å². The van der Waals surface area contributed by atoms with Crippen LogP contribution in [-0.4, -0.2) is 40.1 Å². The van der Waals surface area contributed by atoms with Crippen molar-refractivity contribution in [3.05, 3.63) is 41.6 Å². The Bertz CT molecular complexity index is 940. The van der Waals surface area contributed by atoms with E-state index in [1.54, 1.807) is 0 Å². The maximum atomic E-state index is 12.7. The van der Waals surface area contributed by atoms with Gasteiger partial charge in [-0.15, -0.1) is 0 Å². The van der Waals surface area contributed by atoms with Crippen molar-refractivity contribution in [3.63, 3.8) is 0 Å². The monoisotopic (exact) mass is 396 g/mol. The Morgan fingerprint density at radius 2 is 2.00 bits per heavy atom. The predicted octanol–water partition coefficient (Wildman–Crippen LogP) is 1.04. The zero-order valence-electron chi connectivity index (χ0n) is 16.5. The molecule has 0 aromatic heterocycles. The number of hydrogen-bond acceptors (Lipinski definition) is 6. The maximum Gasteiger partial charge on any atom is 0.278 e. The third kappa shape index (κ3) is 3.80. The molecule has 3 N–H and O–H groups in total. The second-order valence-electron chi connectivity index (χ2n) is 8.24. The van der Waals surface area contributed by atoms with Crippen LogP contribution in [0.25, 0.3) is 0 Å². The number of benzene rings is 1. The zero-order valence-corrected chi connectivity index (χ0v) is 16.5. The topological polar surface area (TPSA) is 108 Å². The van der Waals surface area contributed by atoms with E-state index in [1.165, 1.54) is 6.08 Å². The first-order chi connectivity index (χ1) is 13.8. The van der Waals surface area contributed by atoms with Gasteiger partial charge in [0.25, 0.3) is 11.8 Å². The van der Waals surface area contributed by atoms with Crippen molar-refractivity contribution in [3.8, 4) is 0 Å². The van der Waals surface area contributed by atoms with Gasteiger partial charge in [-0.05, 0) is 43.4 Å². The highest BCUT2D eigenvalue weighted by molar-refractivity contribution is 6.20. The van der Waals surface area contributed by atoms with E-state index in [0.29, 0.717) is 18.2 Å². The number of imide groups is 2. The SMILES string of the molecule is CC1CC1(C)NCc1cccc(NC2=CC(=O)N(C3CCC(=O)NC3=O)C2=O)c1. The first-order valence-corrected chi connectivity index (χ1v) is 9.81. The molecule has 29 heavy (non-hydrogen) atoms. The molecule has 8 nitrogen and oxygen atoms in total. The number of anilines is 1. The number of amides is 4. The molecule has 1 saturated heterocycles. The Morgan fingerprint density at radius 1 is 1.24 bits per heavy atom. The number of piperidine rings is 1. The summed E-state index contributed by atoms with van der Waals surface area (Å²) >= 11 is 0. The van der Waals surface area contributed by atoms with Crippen LogP contribution in [0, 0.1) is 5.92 Å². The molecule has 1 aromatic rings. The Balaban J connectivity index is 1.42. The fourth-order valence-corrected chi connectivity index (χ4v) is 3.84. The number of nitrogens with zero attached hydrogens (tertiary/aromatic N) is 1. The summed E-state index contributed by atoms with van der Waals surface area (Å²) in [6, 6.07) is 6.67. The average Bonchev–Trinajstić information content (AvgIpc) is 3.18. The second kappa shape index (κ2) is 7.11. The predicted molar refractivity (Wildman–Crippen MR) is 105 cm³/mol. The summed E-state index contributed by atoms with van der Waals surface area (Å²) in [5, 5.41) is 8.73. The molecule has 4 rings (SSSR count). The average molecular weight is 396 g/mol. The molecule has 2 fully saturated rings. The van der Waals surface area contributed by atoms with Crippen molar-refractivity contribution >= 4 is 29.3 Å². The first-order valence-electron chi connectivity index (χ1n) is 9.81. The van der Waals surface area contributed by atoms with Crippen molar-refractivity contribution < 1.29 is 19.2 Å². The standard InChI is InChI=1S/C21H24N4O4/c1-12-10-21(12,2)22-11-13-4-3-5-14(8-13)23-15-9-18(27)25(20(15)29)16-6-7-17(26)24-19(16)28/h3-5,8-9,12,16,22-23H,6-7,10-11H2,1-2H3,(H,24,26,28). The van der Waals surface area contributed by atoms with Crippen LogP contribution in [0.2, 0.25) is 0 Å². The molecule has 152 valence electrons. The molecular weight excluding hydrogens is 372 g/mol. The quantitative estimate of drug-likeness (QED) is 0.621. The smallest absolute Gasteiger partial charge is 0.278 e. The second-order valence-corrected chi connectivity index (χ2v) is 8.24. The molecule has 3 aliphatic rings. The number of hydrogen-bond donors (Lipinski definition) is 3. The summed E-state index contributed by atoms with van der Waals surface area (Å²) in [5.41, 5.74) is 2.06. The summed E-state index contributed by atoms with van der Waals surface area (Å²) in [6.45, 7) is 5.13. The third-order valence-electron chi connectivity index (χ3n) is 6.04. The van der Waals surface area contributed by atoms with Gasteiger partial charge in [0.1, 0.15) is 11.7 Å². The highest BCUT2D eigenvalue weighted by Gasteiger charge is 2.46. The number of rotatable bonds is 6. The third-order valence-corrected chi connectivity index (χ3v) is 6.04. The van der Waals surface area contributed by atoms with E-state index in [9.17, 15) is 19.2 Å². The van der Waals surface area contributed by atoms with Crippen molar-refractivity contribution in [1.29, 1.82) is 0 Å². The molecule has 0 spiro atoms. The van der Waals surface area contributed by atoms with E-state index in [-0.39, 0.29) is 24.1 Å². The lowest BCUT2D eigenvalue weighted by Crippen LogP contribution is -2.54. The molecule has 0 bridgehead atoms. The van der Waals surface area contributed by atoms with Crippen LogP contribution in [0.15, 0.2) is 36.0 Å². The van der Waals surface area contributed by atoms with E-state index in [4.69, 9.17) is 0 Å². The molecule has 3 atom stereocenters. The molecule has 1 aliphatic carbocycles. The normalized spacial score (nSPS) is 29.0. The van der Waals surface area contributed by atoms with Gasteiger partial charge in [0.05, 0.1) is 0 Å². The van der Waals surface area contributed by atoms with Crippen LogP contribution in [0.3, 0.4) is 0 Å². The highest BCUT2D eigenvalue weighted by atomic mass is 16.2. The molecule has 4 amide bonds. The lowest BCUT2D eigenvalue weighted by Gasteiger charge is -2.28. The van der Waals surface area contributed by atoms with Gasteiger partial charge < -0.3 is 10.6 Å². The lowest BCUT2D eigenvalue weighted by atomic mass is 10.0. The molecule has 0 radical (unpaired) electrons. The van der Waals surface area contributed by atoms with Crippen LogP contribution in [0.5, 0.6) is 0 Å². The summed E-state index contributed by atoms with van der Waals surface area (Å²) in [4.78, 5) is 49.4. The molecule has 1 saturated carbocycles. The fourth-order valence-electron chi connectivity index (χ4n) is 3.84. The van der Waals surface area contributed by atoms with E-state index >= 15 is 0 Å². The minimum Gasteiger partial charge on any atom is -0.351 e. The first kappa shape index (κ1) is 19.3. The summed E-state index contributed by atoms with van der Waals surface area (Å²) in [6.07, 6.45) is 2.60. The van der Waals surface area contributed by atoms with Gasteiger partial charge in [0, 0.05) is 30.3 Å². The Kier molecular flexibility index (Phi) is 4.74. The van der Waals surface area contributed by atoms with Crippen molar-refractivity contribution in [2.24, 2.45) is 5.92 Å². The van der Waals surface area contributed by atoms with Crippen LogP contribution >= 0.6 is 0 Å². The summed E-state index contributed by atoms with van der Waals surface area (Å²) in [5.74, 6) is -1.47. The highest BCUT2D eigenvalue weighted by Crippen LogP contribution is 2.42. The van der Waals surface area contributed by atoms with Crippen molar-refractivity contribution in [1.82, 2.24) is 15.5 Å². The van der Waals surface area contributed by atoms with Crippen LogP contribution < -0.4 is 16.0 Å². The van der Waals surface area contributed by atoms with E-state index in [2.05, 4.69) is 29.8 Å². The van der Waals surface area contributed by atoms with E-state index in [1.807, 2.05) is 24.3 Å². The maximum absolute atomic E-state index is 12.7. The minimum atomic E-state index is -0.958. The molecule has 2 aliphatic heterocycles. The molecule has 2 heterocycles. The van der Waals surface area contributed by atoms with Gasteiger partial charge in [-0.25, -0.2) is 0 Å². The van der Waals surface area contributed by atoms with Gasteiger partial charge in [0.15, 0.2) is 0 Å². The number of carbonyl (C=O) groups excluding carboxylic acids is 4. The minimum absolute atomic E-state index is 0.100. The van der Waals surface area contributed by atoms with E-state index in [0.717, 1.165) is 16.9 Å². The van der Waals surface area contributed by atoms with Crippen molar-refractivity contribution in [2.45, 2.75) is 51.2 Å². The Morgan fingerprint density at radius 3 is 2.69 bits per heavy atom. The van der Waals surface area contributed by atoms with Crippen molar-refractivity contribution in [2.75, 3.05) is 5.32 Å². The van der Waals surface area contributed by atoms with Gasteiger partial charge in [-0.1, -0.05) is 19.1 Å².